The van der Waals surface area contributed by atoms with E-state index in [9.17, 15) is 18.0 Å². The van der Waals surface area contributed by atoms with E-state index in [1.54, 1.807) is 0 Å². The van der Waals surface area contributed by atoms with E-state index < -0.39 is 21.2 Å². The van der Waals surface area contributed by atoms with Gasteiger partial charge in [-0.25, -0.2) is 13.6 Å². The molecule has 126 valence electrons. The van der Waals surface area contributed by atoms with Gasteiger partial charge in [-0.15, -0.1) is 11.8 Å². The van der Waals surface area contributed by atoms with Crippen LogP contribution in [0.2, 0.25) is 5.02 Å². The van der Waals surface area contributed by atoms with Crippen LogP contribution < -0.4 is 5.14 Å². The van der Waals surface area contributed by atoms with E-state index >= 15 is 0 Å². The summed E-state index contributed by atoms with van der Waals surface area (Å²) >= 11 is 7.22. The summed E-state index contributed by atoms with van der Waals surface area (Å²) in [6.45, 7) is 0.647. The van der Waals surface area contributed by atoms with Gasteiger partial charge in [0.15, 0.2) is 0 Å². The number of rotatable bonds is 3. The van der Waals surface area contributed by atoms with Gasteiger partial charge >= 0.3 is 5.97 Å². The Bertz CT molecular complexity index is 738. The standard InChI is InChI=1S/C13H15ClN2O5S2/c1-21-13(18)10-7-16(4-5-22-10)12(17)8-2-3-9(14)11(6-8)23(15,19)20/h2-3,6,10H,4-5,7H2,1H3,(H2,15,19,20)/t10-/m1/s1. The maximum atomic E-state index is 12.5. The van der Waals surface area contributed by atoms with Gasteiger partial charge in [-0.2, -0.15) is 0 Å². The van der Waals surface area contributed by atoms with Crippen LogP contribution in [-0.2, 0) is 19.6 Å². The van der Waals surface area contributed by atoms with Gasteiger partial charge < -0.3 is 9.64 Å². The average Bonchev–Trinajstić information content (AvgIpc) is 2.53. The van der Waals surface area contributed by atoms with Crippen molar-refractivity contribution in [2.75, 3.05) is 26.0 Å². The van der Waals surface area contributed by atoms with Crippen molar-refractivity contribution < 1.29 is 22.7 Å². The lowest BCUT2D eigenvalue weighted by Gasteiger charge is -2.31. The average molecular weight is 379 g/mol. The minimum Gasteiger partial charge on any atom is -0.468 e. The number of sulfonamides is 1. The summed E-state index contributed by atoms with van der Waals surface area (Å²) in [5.74, 6) is -0.198. The Morgan fingerprint density at radius 3 is 2.74 bits per heavy atom. The van der Waals surface area contributed by atoms with Gasteiger partial charge in [-0.3, -0.25) is 9.59 Å². The smallest absolute Gasteiger partial charge is 0.320 e. The molecule has 7 nitrogen and oxygen atoms in total. The number of amides is 1. The van der Waals surface area contributed by atoms with Crippen LogP contribution in [0.15, 0.2) is 23.1 Å². The molecule has 2 N–H and O–H groups in total. The highest BCUT2D eigenvalue weighted by Gasteiger charge is 2.30. The van der Waals surface area contributed by atoms with E-state index in [4.69, 9.17) is 21.5 Å². The summed E-state index contributed by atoms with van der Waals surface area (Å²) in [6.07, 6.45) is 0. The number of ether oxygens (including phenoxy) is 1. The van der Waals surface area contributed by atoms with E-state index in [0.717, 1.165) is 6.07 Å². The zero-order valence-electron chi connectivity index (χ0n) is 12.2. The maximum absolute atomic E-state index is 12.5. The van der Waals surface area contributed by atoms with Crippen molar-refractivity contribution in [1.29, 1.82) is 0 Å². The number of esters is 1. The van der Waals surface area contributed by atoms with E-state index in [1.807, 2.05) is 0 Å². The molecule has 23 heavy (non-hydrogen) atoms. The first kappa shape index (κ1) is 18.1. The zero-order chi connectivity index (χ0) is 17.2. The van der Waals surface area contributed by atoms with Crippen LogP contribution in [0.3, 0.4) is 0 Å². The minimum atomic E-state index is -4.03. The van der Waals surface area contributed by atoms with Crippen LogP contribution in [0.25, 0.3) is 0 Å². The molecule has 1 aliphatic rings. The molecule has 1 atom stereocenters. The SMILES string of the molecule is COC(=O)[C@H]1CN(C(=O)c2ccc(Cl)c(S(N)(=O)=O)c2)CCS1. The molecule has 0 saturated carbocycles. The number of halogens is 1. The summed E-state index contributed by atoms with van der Waals surface area (Å²) in [5, 5.41) is 4.58. The Morgan fingerprint density at radius 2 is 2.13 bits per heavy atom. The van der Waals surface area contributed by atoms with Crippen LogP contribution in [0.1, 0.15) is 10.4 Å². The third kappa shape index (κ3) is 4.17. The second kappa shape index (κ2) is 7.08. The van der Waals surface area contributed by atoms with Crippen LogP contribution >= 0.6 is 23.4 Å². The number of methoxy groups -OCH3 is 1. The predicted molar refractivity (Wildman–Crippen MR) is 87.0 cm³/mol. The molecular weight excluding hydrogens is 364 g/mol. The number of nitrogens with zero attached hydrogens (tertiary/aromatic N) is 1. The number of primary sulfonamides is 1. The lowest BCUT2D eigenvalue weighted by Crippen LogP contribution is -2.45. The van der Waals surface area contributed by atoms with Gasteiger partial charge in [-0.1, -0.05) is 11.6 Å². The molecule has 0 unspecified atom stereocenters. The number of benzene rings is 1. The second-order valence-corrected chi connectivity index (χ2v) is 8.07. The predicted octanol–water partition coefficient (Wildman–Crippen LogP) is 0.718. The molecule has 1 saturated heterocycles. The van der Waals surface area contributed by atoms with Crippen molar-refractivity contribution in [3.8, 4) is 0 Å². The number of hydrogen-bond donors (Lipinski definition) is 1. The molecule has 0 radical (unpaired) electrons. The molecule has 1 aromatic carbocycles. The largest absolute Gasteiger partial charge is 0.468 e. The van der Waals surface area contributed by atoms with Gasteiger partial charge in [0.2, 0.25) is 10.0 Å². The summed E-state index contributed by atoms with van der Waals surface area (Å²) in [4.78, 5) is 25.3. The highest BCUT2D eigenvalue weighted by molar-refractivity contribution is 8.00. The van der Waals surface area contributed by atoms with Crippen LogP contribution in [0, 0.1) is 0 Å². The molecule has 1 heterocycles. The number of carbonyl (C=O) groups excluding carboxylic acids is 2. The number of hydrogen-bond acceptors (Lipinski definition) is 6. The fraction of sp³-hybridized carbons (Fsp3) is 0.385. The van der Waals surface area contributed by atoms with E-state index in [2.05, 4.69) is 0 Å². The normalized spacial score (nSPS) is 18.6. The summed E-state index contributed by atoms with van der Waals surface area (Å²) < 4.78 is 27.7. The van der Waals surface area contributed by atoms with Gasteiger partial charge in [0.05, 0.1) is 12.1 Å². The monoisotopic (exact) mass is 378 g/mol. The fourth-order valence-corrected chi connectivity index (χ4v) is 4.34. The highest BCUT2D eigenvalue weighted by atomic mass is 35.5. The first-order valence-electron chi connectivity index (χ1n) is 6.55. The Hall–Kier alpha value is -1.29. The molecular formula is C13H15ClN2O5S2. The first-order chi connectivity index (χ1) is 10.7. The van der Waals surface area contributed by atoms with Gasteiger partial charge in [-0.05, 0) is 18.2 Å². The Balaban J connectivity index is 2.25. The molecule has 1 aliphatic heterocycles. The third-order valence-corrected chi connectivity index (χ3v) is 5.86. The lowest BCUT2D eigenvalue weighted by atomic mass is 10.2. The molecule has 1 aromatic rings. The highest BCUT2D eigenvalue weighted by Crippen LogP contribution is 2.25. The molecule has 2 rings (SSSR count). The van der Waals surface area contributed by atoms with Crippen LogP contribution in [-0.4, -0.2) is 56.4 Å². The van der Waals surface area contributed by atoms with E-state index in [0.29, 0.717) is 12.3 Å². The van der Waals surface area contributed by atoms with Gasteiger partial charge in [0, 0.05) is 24.4 Å². The Morgan fingerprint density at radius 1 is 1.43 bits per heavy atom. The van der Waals surface area contributed by atoms with Crippen molar-refractivity contribution in [3.63, 3.8) is 0 Å². The van der Waals surface area contributed by atoms with Crippen molar-refractivity contribution >= 4 is 45.3 Å². The molecule has 0 aromatic heterocycles. The minimum absolute atomic E-state index is 0.0503. The second-order valence-electron chi connectivity index (χ2n) is 4.82. The summed E-state index contributed by atoms with van der Waals surface area (Å²) in [6, 6.07) is 3.88. The Labute approximate surface area is 143 Å². The van der Waals surface area contributed by atoms with Crippen molar-refractivity contribution in [1.82, 2.24) is 4.90 Å². The molecule has 0 aliphatic carbocycles. The number of nitrogens with two attached hydrogens (primary N) is 1. The van der Waals surface area contributed by atoms with Crippen LogP contribution in [0.5, 0.6) is 0 Å². The summed E-state index contributed by atoms with van der Waals surface area (Å²) in [5.41, 5.74) is 0.147. The van der Waals surface area contributed by atoms with Crippen molar-refractivity contribution in [3.05, 3.63) is 28.8 Å². The van der Waals surface area contributed by atoms with E-state index in [-0.39, 0.29) is 27.9 Å². The molecule has 0 bridgehead atoms. The van der Waals surface area contributed by atoms with Crippen molar-refractivity contribution in [2.24, 2.45) is 5.14 Å². The van der Waals surface area contributed by atoms with Gasteiger partial charge in [0.1, 0.15) is 10.1 Å². The number of thioether (sulfide) groups is 1. The maximum Gasteiger partial charge on any atom is 0.320 e. The third-order valence-electron chi connectivity index (χ3n) is 3.30. The van der Waals surface area contributed by atoms with Gasteiger partial charge in [0.25, 0.3) is 5.91 Å². The lowest BCUT2D eigenvalue weighted by molar-refractivity contribution is -0.140. The zero-order valence-corrected chi connectivity index (χ0v) is 14.6. The van der Waals surface area contributed by atoms with Crippen molar-refractivity contribution in [2.45, 2.75) is 10.1 Å². The topological polar surface area (TPSA) is 107 Å². The quantitative estimate of drug-likeness (QED) is 0.776. The fourth-order valence-electron chi connectivity index (χ4n) is 2.14. The Kier molecular flexibility index (Phi) is 5.56. The molecule has 1 fully saturated rings. The molecule has 10 heteroatoms. The van der Waals surface area contributed by atoms with Crippen LogP contribution in [0.4, 0.5) is 0 Å². The first-order valence-corrected chi connectivity index (χ1v) is 9.52. The summed E-state index contributed by atoms with van der Waals surface area (Å²) in [7, 11) is -2.74. The number of carbonyl (C=O) groups is 2. The van der Waals surface area contributed by atoms with E-state index in [1.165, 1.54) is 35.9 Å². The molecule has 1 amide bonds. The molecule has 0 spiro atoms.